The van der Waals surface area contributed by atoms with Crippen LogP contribution in [-0.4, -0.2) is 21.5 Å². The molecule has 0 spiro atoms. The van der Waals surface area contributed by atoms with Crippen molar-refractivity contribution in [2.24, 2.45) is 0 Å². The third-order valence-electron chi connectivity index (χ3n) is 4.80. The van der Waals surface area contributed by atoms with Gasteiger partial charge in [-0.3, -0.25) is 9.59 Å². The van der Waals surface area contributed by atoms with Crippen molar-refractivity contribution in [1.29, 1.82) is 0 Å². The van der Waals surface area contributed by atoms with Crippen LogP contribution < -0.4 is 0 Å². The lowest BCUT2D eigenvalue weighted by molar-refractivity contribution is 0.1000. The van der Waals surface area contributed by atoms with Crippen LogP contribution in [0.15, 0.2) is 0 Å². The summed E-state index contributed by atoms with van der Waals surface area (Å²) in [7, 11) is 0. The molecule has 0 bridgehead atoms. The molecular formula is C20H28N2O2. The summed E-state index contributed by atoms with van der Waals surface area (Å²) < 4.78 is 0. The van der Waals surface area contributed by atoms with Crippen molar-refractivity contribution < 1.29 is 9.59 Å². The smallest absolute Gasteiger partial charge is 0.176 e. The number of ketones is 2. The summed E-state index contributed by atoms with van der Waals surface area (Å²) in [6, 6.07) is 0. The maximum Gasteiger partial charge on any atom is 0.176 e. The Labute approximate surface area is 144 Å². The van der Waals surface area contributed by atoms with Gasteiger partial charge in [-0.05, 0) is 47.9 Å². The number of hydrogen-bond acceptors (Lipinski definition) is 2. The van der Waals surface area contributed by atoms with Crippen molar-refractivity contribution >= 4 is 11.6 Å². The number of aromatic amines is 2. The second-order valence-corrected chi connectivity index (χ2v) is 6.19. The van der Waals surface area contributed by atoms with Gasteiger partial charge in [0.1, 0.15) is 0 Å². The standard InChI is InChI=1S/C20H28N2O2/c1-7-13-15(9-3)19(21-17(13)11(5)23)20-16(10-4)14(8-2)18(22-20)12(6)24/h21-22H,7-10H2,1-6H3. The summed E-state index contributed by atoms with van der Waals surface area (Å²) in [6.07, 6.45) is 3.33. The number of nitrogens with one attached hydrogen (secondary N) is 2. The second kappa shape index (κ2) is 7.20. The number of Topliss-reactive ketones (excluding diaryl/α,β-unsaturated/α-hetero) is 2. The lowest BCUT2D eigenvalue weighted by Gasteiger charge is -2.06. The first-order valence-corrected chi connectivity index (χ1v) is 8.90. The first kappa shape index (κ1) is 18.2. The topological polar surface area (TPSA) is 65.7 Å². The lowest BCUT2D eigenvalue weighted by Crippen LogP contribution is -1.98. The third-order valence-corrected chi connectivity index (χ3v) is 4.80. The number of H-pyrrole nitrogens is 2. The van der Waals surface area contributed by atoms with Gasteiger partial charge < -0.3 is 9.97 Å². The molecule has 2 heterocycles. The molecule has 0 aromatic carbocycles. The predicted octanol–water partition coefficient (Wildman–Crippen LogP) is 4.66. The Morgan fingerprint density at radius 3 is 1.12 bits per heavy atom. The van der Waals surface area contributed by atoms with Crippen LogP contribution in [0.2, 0.25) is 0 Å². The molecule has 4 nitrogen and oxygen atoms in total. The van der Waals surface area contributed by atoms with Crippen LogP contribution in [0.4, 0.5) is 0 Å². The largest absolute Gasteiger partial charge is 0.350 e. The maximum atomic E-state index is 12.0. The zero-order valence-corrected chi connectivity index (χ0v) is 15.6. The molecule has 0 atom stereocenters. The molecule has 0 saturated carbocycles. The van der Waals surface area contributed by atoms with Gasteiger partial charge in [-0.2, -0.15) is 0 Å². The molecule has 0 aliphatic carbocycles. The average molecular weight is 328 g/mol. The molecule has 2 rings (SSSR count). The van der Waals surface area contributed by atoms with E-state index in [-0.39, 0.29) is 11.6 Å². The van der Waals surface area contributed by atoms with E-state index in [0.717, 1.165) is 48.2 Å². The van der Waals surface area contributed by atoms with Gasteiger partial charge in [0.15, 0.2) is 11.6 Å². The third kappa shape index (κ3) is 2.85. The number of aromatic nitrogens is 2. The van der Waals surface area contributed by atoms with E-state index in [1.54, 1.807) is 13.8 Å². The Morgan fingerprint density at radius 2 is 0.917 bits per heavy atom. The Morgan fingerprint density at radius 1 is 0.625 bits per heavy atom. The first-order valence-electron chi connectivity index (χ1n) is 8.90. The van der Waals surface area contributed by atoms with Gasteiger partial charge in [0.2, 0.25) is 0 Å². The molecule has 2 N–H and O–H groups in total. The SMILES string of the molecule is CCc1c(C(C)=O)[nH]c(-c2[nH]c(C(C)=O)c(CC)c2CC)c1CC. The van der Waals surface area contributed by atoms with Crippen molar-refractivity contribution in [3.8, 4) is 11.4 Å². The fraction of sp³-hybridized carbons (Fsp3) is 0.500. The maximum absolute atomic E-state index is 12.0. The summed E-state index contributed by atoms with van der Waals surface area (Å²) in [4.78, 5) is 30.8. The quantitative estimate of drug-likeness (QED) is 0.726. The van der Waals surface area contributed by atoms with Crippen LogP contribution in [0, 0.1) is 0 Å². The molecule has 0 fully saturated rings. The molecule has 0 radical (unpaired) electrons. The van der Waals surface area contributed by atoms with E-state index in [2.05, 4.69) is 37.7 Å². The summed E-state index contributed by atoms with van der Waals surface area (Å²) >= 11 is 0. The molecule has 0 amide bonds. The highest BCUT2D eigenvalue weighted by Crippen LogP contribution is 2.34. The van der Waals surface area contributed by atoms with E-state index in [0.29, 0.717) is 11.4 Å². The van der Waals surface area contributed by atoms with E-state index in [9.17, 15) is 9.59 Å². The summed E-state index contributed by atoms with van der Waals surface area (Å²) in [5, 5.41) is 0. The van der Waals surface area contributed by atoms with E-state index < -0.39 is 0 Å². The van der Waals surface area contributed by atoms with Gasteiger partial charge in [-0.15, -0.1) is 0 Å². The number of carbonyl (C=O) groups excluding carboxylic acids is 2. The van der Waals surface area contributed by atoms with Crippen molar-refractivity contribution in [3.05, 3.63) is 33.6 Å². The van der Waals surface area contributed by atoms with Crippen LogP contribution >= 0.6 is 0 Å². The van der Waals surface area contributed by atoms with Gasteiger partial charge >= 0.3 is 0 Å². The van der Waals surface area contributed by atoms with Gasteiger partial charge in [-0.1, -0.05) is 27.7 Å². The molecule has 2 aromatic rings. The molecule has 4 heteroatoms. The first-order chi connectivity index (χ1) is 11.4. The minimum atomic E-state index is 0.0555. The van der Waals surface area contributed by atoms with Crippen LogP contribution in [0.3, 0.4) is 0 Å². The van der Waals surface area contributed by atoms with Gasteiger partial charge in [-0.25, -0.2) is 0 Å². The van der Waals surface area contributed by atoms with Crippen molar-refractivity contribution in [1.82, 2.24) is 9.97 Å². The molecular weight excluding hydrogens is 300 g/mol. The Hall–Kier alpha value is -2.10. The molecule has 130 valence electrons. The highest BCUT2D eigenvalue weighted by atomic mass is 16.1. The molecule has 0 unspecified atom stereocenters. The van der Waals surface area contributed by atoms with Gasteiger partial charge in [0.25, 0.3) is 0 Å². The molecule has 0 aliphatic rings. The highest BCUT2D eigenvalue weighted by Gasteiger charge is 2.24. The van der Waals surface area contributed by atoms with Crippen molar-refractivity contribution in [2.45, 2.75) is 67.2 Å². The Kier molecular flexibility index (Phi) is 5.47. The monoisotopic (exact) mass is 328 g/mol. The average Bonchev–Trinajstić information content (AvgIpc) is 3.11. The van der Waals surface area contributed by atoms with E-state index in [1.165, 1.54) is 11.1 Å². The summed E-state index contributed by atoms with van der Waals surface area (Å²) in [5.74, 6) is 0.111. The van der Waals surface area contributed by atoms with Gasteiger partial charge in [0.05, 0.1) is 22.8 Å². The molecule has 0 saturated heterocycles. The van der Waals surface area contributed by atoms with E-state index >= 15 is 0 Å². The van der Waals surface area contributed by atoms with Crippen molar-refractivity contribution in [2.75, 3.05) is 0 Å². The lowest BCUT2D eigenvalue weighted by atomic mass is 9.97. The zero-order chi connectivity index (χ0) is 18.0. The molecule has 2 aromatic heterocycles. The van der Waals surface area contributed by atoms with E-state index in [1.807, 2.05) is 0 Å². The normalized spacial score (nSPS) is 11.1. The van der Waals surface area contributed by atoms with Crippen LogP contribution in [0.25, 0.3) is 11.4 Å². The molecule has 24 heavy (non-hydrogen) atoms. The number of hydrogen-bond donors (Lipinski definition) is 2. The zero-order valence-electron chi connectivity index (χ0n) is 15.6. The van der Waals surface area contributed by atoms with Crippen molar-refractivity contribution in [3.63, 3.8) is 0 Å². The van der Waals surface area contributed by atoms with Crippen LogP contribution in [0.5, 0.6) is 0 Å². The molecule has 0 aliphatic heterocycles. The van der Waals surface area contributed by atoms with Gasteiger partial charge in [0, 0.05) is 13.8 Å². The summed E-state index contributed by atoms with van der Waals surface area (Å²) in [6.45, 7) is 11.6. The second-order valence-electron chi connectivity index (χ2n) is 6.19. The fourth-order valence-electron chi connectivity index (χ4n) is 3.74. The number of carbonyl (C=O) groups is 2. The highest BCUT2D eigenvalue weighted by molar-refractivity contribution is 5.97. The van der Waals surface area contributed by atoms with E-state index in [4.69, 9.17) is 0 Å². The van der Waals surface area contributed by atoms with Crippen LogP contribution in [-0.2, 0) is 25.7 Å². The minimum absolute atomic E-state index is 0.0555. The fourth-order valence-corrected chi connectivity index (χ4v) is 3.74. The minimum Gasteiger partial charge on any atom is -0.350 e. The Balaban J connectivity index is 2.81. The summed E-state index contributed by atoms with van der Waals surface area (Å²) in [5.41, 5.74) is 7.88. The predicted molar refractivity (Wildman–Crippen MR) is 98.1 cm³/mol. The number of rotatable bonds is 7. The van der Waals surface area contributed by atoms with Crippen LogP contribution in [0.1, 0.15) is 84.8 Å². The Bertz CT molecular complexity index is 712.